The number of carbonyl (C=O) groups is 3. The van der Waals surface area contributed by atoms with Gasteiger partial charge in [0.05, 0.1) is 17.1 Å². The van der Waals surface area contributed by atoms with Gasteiger partial charge in [-0.3, -0.25) is 14.4 Å². The number of thiazole rings is 1. The number of nitrogens with zero attached hydrogens (tertiary/aromatic N) is 2. The van der Waals surface area contributed by atoms with E-state index in [1.165, 1.54) is 56.7 Å². The Bertz CT molecular complexity index is 1330. The average molecular weight is 502 g/mol. The topological polar surface area (TPSA) is 138 Å². The maximum atomic E-state index is 12.4. The number of nitrogens with one attached hydrogen (secondary N) is 3. The molecule has 3 N–H and O–H groups in total. The number of benzene rings is 2. The Kier molecular flexibility index (Phi) is 7.76. The molecule has 0 aliphatic carbocycles. The van der Waals surface area contributed by atoms with E-state index in [-0.39, 0.29) is 22.9 Å². The molecule has 178 valence electrons. The predicted molar refractivity (Wildman–Crippen MR) is 129 cm³/mol. The van der Waals surface area contributed by atoms with E-state index in [1.54, 1.807) is 29.6 Å². The Morgan fingerprint density at radius 1 is 1.03 bits per heavy atom. The fourth-order valence-electron chi connectivity index (χ4n) is 2.93. The molecule has 0 spiro atoms. The molecule has 0 atom stereocenters. The number of rotatable bonds is 8. The Morgan fingerprint density at radius 2 is 1.76 bits per heavy atom. The average Bonchev–Trinajstić information content (AvgIpc) is 3.30. The van der Waals surface area contributed by atoms with Gasteiger partial charge in [0, 0.05) is 43.2 Å². The number of hydrogen-bond acceptors (Lipinski definition) is 7. The van der Waals surface area contributed by atoms with Crippen LogP contribution in [0.25, 0.3) is 11.3 Å². The van der Waals surface area contributed by atoms with Gasteiger partial charge in [0.2, 0.25) is 15.9 Å². The molecule has 0 bridgehead atoms. The predicted octanol–water partition coefficient (Wildman–Crippen LogP) is 1.79. The van der Waals surface area contributed by atoms with Crippen molar-refractivity contribution >= 4 is 44.2 Å². The molecule has 0 aliphatic rings. The highest BCUT2D eigenvalue weighted by Crippen LogP contribution is 2.27. The van der Waals surface area contributed by atoms with Crippen molar-refractivity contribution in [1.82, 2.24) is 19.9 Å². The van der Waals surface area contributed by atoms with Crippen LogP contribution < -0.4 is 16.0 Å². The molecule has 0 saturated carbocycles. The largest absolute Gasteiger partial charge is 0.355 e. The van der Waals surface area contributed by atoms with Gasteiger partial charge >= 0.3 is 0 Å². The highest BCUT2D eigenvalue weighted by molar-refractivity contribution is 7.89. The lowest BCUT2D eigenvalue weighted by atomic mass is 10.0. The third-order valence-electron chi connectivity index (χ3n) is 4.71. The van der Waals surface area contributed by atoms with Crippen molar-refractivity contribution in [3.05, 3.63) is 65.0 Å². The minimum atomic E-state index is -3.69. The van der Waals surface area contributed by atoms with Gasteiger partial charge in [0.1, 0.15) is 0 Å². The van der Waals surface area contributed by atoms with Gasteiger partial charge in [-0.1, -0.05) is 24.3 Å². The molecule has 0 unspecified atom stereocenters. The normalized spacial score (nSPS) is 11.2. The Balaban J connectivity index is 1.64. The lowest BCUT2D eigenvalue weighted by Gasteiger charge is -2.12. The molecule has 3 amide bonds. The summed E-state index contributed by atoms with van der Waals surface area (Å²) in [6, 6.07) is 12.5. The van der Waals surface area contributed by atoms with Gasteiger partial charge < -0.3 is 16.0 Å². The number of anilines is 1. The first-order valence-electron chi connectivity index (χ1n) is 10.0. The van der Waals surface area contributed by atoms with E-state index < -0.39 is 21.8 Å². The highest BCUT2D eigenvalue weighted by atomic mass is 32.2. The van der Waals surface area contributed by atoms with Crippen LogP contribution >= 0.6 is 11.3 Å². The first kappa shape index (κ1) is 25.0. The van der Waals surface area contributed by atoms with Crippen LogP contribution in [0.1, 0.15) is 20.7 Å². The van der Waals surface area contributed by atoms with E-state index in [4.69, 9.17) is 0 Å². The Morgan fingerprint density at radius 3 is 2.47 bits per heavy atom. The maximum absolute atomic E-state index is 12.4. The van der Waals surface area contributed by atoms with Crippen LogP contribution in [0.5, 0.6) is 0 Å². The van der Waals surface area contributed by atoms with Gasteiger partial charge in [-0.05, 0) is 24.3 Å². The number of carbonyl (C=O) groups excluding carboxylic acids is 3. The molecule has 1 heterocycles. The summed E-state index contributed by atoms with van der Waals surface area (Å²) in [5.74, 6) is -1.35. The number of amides is 3. The first-order valence-corrected chi connectivity index (χ1v) is 12.3. The van der Waals surface area contributed by atoms with Crippen LogP contribution in [0, 0.1) is 0 Å². The third-order valence-corrected chi connectivity index (χ3v) is 7.28. The van der Waals surface area contributed by atoms with Crippen LogP contribution in [0.15, 0.2) is 58.8 Å². The fourth-order valence-corrected chi connectivity index (χ4v) is 4.60. The summed E-state index contributed by atoms with van der Waals surface area (Å²) < 4.78 is 25.6. The van der Waals surface area contributed by atoms with Crippen molar-refractivity contribution < 1.29 is 22.8 Å². The first-order chi connectivity index (χ1) is 16.1. The molecule has 10 nitrogen and oxygen atoms in total. The van der Waals surface area contributed by atoms with Gasteiger partial charge in [-0.15, -0.1) is 11.3 Å². The minimum Gasteiger partial charge on any atom is -0.355 e. The zero-order valence-corrected chi connectivity index (χ0v) is 20.3. The SMILES string of the molecule is CNC(=O)c1ccccc1-c1csc(NC(=O)CNC(=O)c2cccc(S(=O)(=O)N(C)C)c2)n1. The van der Waals surface area contributed by atoms with Crippen molar-refractivity contribution in [3.8, 4) is 11.3 Å². The lowest BCUT2D eigenvalue weighted by Crippen LogP contribution is -2.33. The summed E-state index contributed by atoms with van der Waals surface area (Å²) in [5.41, 5.74) is 1.72. The second-order valence-electron chi connectivity index (χ2n) is 7.21. The van der Waals surface area contributed by atoms with E-state index >= 15 is 0 Å². The lowest BCUT2D eigenvalue weighted by molar-refractivity contribution is -0.115. The molecule has 1 aromatic heterocycles. The van der Waals surface area contributed by atoms with E-state index in [0.717, 1.165) is 4.31 Å². The Labute approximate surface area is 201 Å². The molecule has 34 heavy (non-hydrogen) atoms. The van der Waals surface area contributed by atoms with E-state index in [2.05, 4.69) is 20.9 Å². The van der Waals surface area contributed by atoms with Crippen LogP contribution in [-0.4, -0.2) is 63.1 Å². The second-order valence-corrected chi connectivity index (χ2v) is 10.2. The summed E-state index contributed by atoms with van der Waals surface area (Å²) in [6.07, 6.45) is 0. The molecule has 0 saturated heterocycles. The van der Waals surface area contributed by atoms with Gasteiger partial charge in [0.25, 0.3) is 11.8 Å². The van der Waals surface area contributed by atoms with Crippen LogP contribution in [0.2, 0.25) is 0 Å². The van der Waals surface area contributed by atoms with Gasteiger partial charge in [0.15, 0.2) is 5.13 Å². The number of sulfonamides is 1. The molecule has 12 heteroatoms. The zero-order valence-electron chi connectivity index (χ0n) is 18.7. The van der Waals surface area contributed by atoms with Crippen molar-refractivity contribution in [3.63, 3.8) is 0 Å². The van der Waals surface area contributed by atoms with Gasteiger partial charge in [-0.25, -0.2) is 17.7 Å². The number of hydrogen-bond donors (Lipinski definition) is 3. The van der Waals surface area contributed by atoms with E-state index in [1.807, 2.05) is 0 Å². The van der Waals surface area contributed by atoms with Crippen molar-refractivity contribution in [2.75, 3.05) is 33.0 Å². The van der Waals surface area contributed by atoms with Crippen LogP contribution in [0.4, 0.5) is 5.13 Å². The summed E-state index contributed by atoms with van der Waals surface area (Å²) in [7, 11) is 0.638. The van der Waals surface area contributed by atoms with Crippen molar-refractivity contribution in [2.24, 2.45) is 0 Å². The summed E-state index contributed by atoms with van der Waals surface area (Å²) in [4.78, 5) is 41.1. The third kappa shape index (κ3) is 5.65. The quantitative estimate of drug-likeness (QED) is 0.430. The van der Waals surface area contributed by atoms with Crippen LogP contribution in [-0.2, 0) is 14.8 Å². The molecule has 3 rings (SSSR count). The minimum absolute atomic E-state index is 0.0260. The summed E-state index contributed by atoms with van der Waals surface area (Å²) in [6.45, 7) is -0.340. The fraction of sp³-hybridized carbons (Fsp3) is 0.182. The monoisotopic (exact) mass is 501 g/mol. The smallest absolute Gasteiger partial charge is 0.251 e. The molecule has 0 radical (unpaired) electrons. The van der Waals surface area contributed by atoms with E-state index in [9.17, 15) is 22.8 Å². The van der Waals surface area contributed by atoms with Crippen LogP contribution in [0.3, 0.4) is 0 Å². The standard InChI is InChI=1S/C22H23N5O5S2/c1-23-21(30)17-10-5-4-9-16(17)18-13-33-22(25-18)26-19(28)12-24-20(29)14-7-6-8-15(11-14)34(31,32)27(2)3/h4-11,13H,12H2,1-3H3,(H,23,30)(H,24,29)(H,25,26,28). The van der Waals surface area contributed by atoms with Crippen molar-refractivity contribution in [2.45, 2.75) is 4.90 Å². The zero-order chi connectivity index (χ0) is 24.9. The molecular weight excluding hydrogens is 478 g/mol. The molecule has 3 aromatic rings. The second kappa shape index (κ2) is 10.5. The van der Waals surface area contributed by atoms with Crippen molar-refractivity contribution in [1.29, 1.82) is 0 Å². The maximum Gasteiger partial charge on any atom is 0.251 e. The molecule has 2 aromatic carbocycles. The molecule has 0 fully saturated rings. The summed E-state index contributed by atoms with van der Waals surface area (Å²) >= 11 is 1.18. The van der Waals surface area contributed by atoms with Gasteiger partial charge in [-0.2, -0.15) is 0 Å². The summed E-state index contributed by atoms with van der Waals surface area (Å²) in [5, 5.41) is 9.66. The van der Waals surface area contributed by atoms with E-state index in [0.29, 0.717) is 22.0 Å². The molecule has 0 aliphatic heterocycles. The number of aromatic nitrogens is 1. The molecular formula is C22H23N5O5S2. The Hall–Kier alpha value is -3.61. The highest BCUT2D eigenvalue weighted by Gasteiger charge is 2.19.